The Morgan fingerprint density at radius 1 is 0.895 bits per heavy atom. The highest BCUT2D eigenvalue weighted by molar-refractivity contribution is 7.89. The monoisotopic (exact) mass is 583 g/mol. The number of ether oxygens (including phenoxy) is 1. The number of piperidine rings is 2. The van der Waals surface area contributed by atoms with Gasteiger partial charge in [0.1, 0.15) is 12.4 Å². The minimum Gasteiger partial charge on any atom is -0.492 e. The summed E-state index contributed by atoms with van der Waals surface area (Å²) in [4.78, 5) is 13.0. The SMILES string of the molecule is CC1CCN(S(=O)(=O)c2ccc(Cl)c(C(=O)NCCOc3ccc(S(=O)(=O)N4CCCCC4)cc3)c2)CC1. The van der Waals surface area contributed by atoms with Crippen molar-refractivity contribution >= 4 is 37.6 Å². The van der Waals surface area contributed by atoms with Crippen LogP contribution >= 0.6 is 11.6 Å². The summed E-state index contributed by atoms with van der Waals surface area (Å²) >= 11 is 6.21. The van der Waals surface area contributed by atoms with E-state index < -0.39 is 26.0 Å². The van der Waals surface area contributed by atoms with Crippen LogP contribution in [0.5, 0.6) is 5.75 Å². The van der Waals surface area contributed by atoms with Crippen LogP contribution in [0.1, 0.15) is 49.4 Å². The van der Waals surface area contributed by atoms with Crippen molar-refractivity contribution in [2.75, 3.05) is 39.3 Å². The van der Waals surface area contributed by atoms with E-state index in [-0.39, 0.29) is 33.5 Å². The van der Waals surface area contributed by atoms with Gasteiger partial charge in [-0.15, -0.1) is 0 Å². The highest BCUT2D eigenvalue weighted by Crippen LogP contribution is 2.27. The zero-order chi connectivity index (χ0) is 27.3. The lowest BCUT2D eigenvalue weighted by Gasteiger charge is -2.29. The Morgan fingerprint density at radius 3 is 2.13 bits per heavy atom. The molecule has 4 rings (SSSR count). The van der Waals surface area contributed by atoms with Crippen LogP contribution in [0.2, 0.25) is 5.02 Å². The Bertz CT molecular complexity index is 1340. The number of carbonyl (C=O) groups is 1. The molecular formula is C26H34ClN3O6S2. The zero-order valence-electron chi connectivity index (χ0n) is 21.4. The lowest BCUT2D eigenvalue weighted by atomic mass is 10.0. The lowest BCUT2D eigenvalue weighted by molar-refractivity contribution is 0.0947. The summed E-state index contributed by atoms with van der Waals surface area (Å²) in [6, 6.07) is 10.4. The lowest BCUT2D eigenvalue weighted by Crippen LogP contribution is -2.38. The molecule has 0 aliphatic carbocycles. The minimum atomic E-state index is -3.72. The molecular weight excluding hydrogens is 550 g/mol. The van der Waals surface area contributed by atoms with Crippen LogP contribution in [-0.4, -0.2) is 70.7 Å². The molecule has 0 radical (unpaired) electrons. The summed E-state index contributed by atoms with van der Waals surface area (Å²) in [6.45, 7) is 4.36. The predicted molar refractivity (Wildman–Crippen MR) is 145 cm³/mol. The molecule has 2 aromatic carbocycles. The van der Waals surface area contributed by atoms with Gasteiger partial charge in [0.15, 0.2) is 0 Å². The third-order valence-corrected chi connectivity index (χ3v) is 11.1. The van der Waals surface area contributed by atoms with E-state index in [4.69, 9.17) is 16.3 Å². The number of nitrogens with one attached hydrogen (secondary N) is 1. The van der Waals surface area contributed by atoms with Crippen LogP contribution in [0.15, 0.2) is 52.3 Å². The van der Waals surface area contributed by atoms with Crippen LogP contribution in [0, 0.1) is 5.92 Å². The first kappa shape index (κ1) is 28.8. The van der Waals surface area contributed by atoms with E-state index in [9.17, 15) is 21.6 Å². The Balaban J connectivity index is 1.31. The quantitative estimate of drug-likeness (QED) is 0.450. The fourth-order valence-electron chi connectivity index (χ4n) is 4.60. The van der Waals surface area contributed by atoms with Gasteiger partial charge in [-0.25, -0.2) is 16.8 Å². The number of hydrogen-bond acceptors (Lipinski definition) is 6. The van der Waals surface area contributed by atoms with Crippen molar-refractivity contribution in [3.63, 3.8) is 0 Å². The first-order valence-electron chi connectivity index (χ1n) is 12.9. The zero-order valence-corrected chi connectivity index (χ0v) is 23.8. The fraction of sp³-hybridized carbons (Fsp3) is 0.500. The third kappa shape index (κ3) is 6.69. The Kier molecular flexibility index (Phi) is 9.36. The maximum Gasteiger partial charge on any atom is 0.252 e. The fourth-order valence-corrected chi connectivity index (χ4v) is 7.82. The standard InChI is InChI=1S/C26H34ClN3O6S2/c1-20-11-16-30(17-12-20)38(34,35)23-9-10-25(27)24(19-23)26(31)28-13-18-36-21-5-7-22(8-6-21)37(32,33)29-14-3-2-4-15-29/h5-10,19-20H,2-4,11-18H2,1H3,(H,28,31). The van der Waals surface area contributed by atoms with Crippen molar-refractivity contribution in [2.24, 2.45) is 5.92 Å². The van der Waals surface area contributed by atoms with Crippen molar-refractivity contribution in [3.05, 3.63) is 53.1 Å². The van der Waals surface area contributed by atoms with E-state index in [1.807, 2.05) is 0 Å². The third-order valence-electron chi connectivity index (χ3n) is 7.00. The van der Waals surface area contributed by atoms with Crippen LogP contribution in [-0.2, 0) is 20.0 Å². The van der Waals surface area contributed by atoms with Crippen LogP contribution in [0.25, 0.3) is 0 Å². The van der Waals surface area contributed by atoms with E-state index in [0.29, 0.717) is 37.8 Å². The van der Waals surface area contributed by atoms with Gasteiger partial charge in [-0.2, -0.15) is 8.61 Å². The van der Waals surface area contributed by atoms with Gasteiger partial charge in [0.2, 0.25) is 20.0 Å². The van der Waals surface area contributed by atoms with Crippen molar-refractivity contribution in [2.45, 2.75) is 48.8 Å². The molecule has 0 bridgehead atoms. The molecule has 208 valence electrons. The van der Waals surface area contributed by atoms with Crippen molar-refractivity contribution in [1.82, 2.24) is 13.9 Å². The average Bonchev–Trinajstić information content (AvgIpc) is 2.92. The molecule has 1 N–H and O–H groups in total. The first-order valence-corrected chi connectivity index (χ1v) is 16.2. The number of benzene rings is 2. The summed E-state index contributed by atoms with van der Waals surface area (Å²) in [5, 5.41) is 2.85. The molecule has 38 heavy (non-hydrogen) atoms. The molecule has 12 heteroatoms. The molecule has 0 unspecified atom stereocenters. The molecule has 1 amide bonds. The molecule has 2 fully saturated rings. The molecule has 9 nitrogen and oxygen atoms in total. The highest BCUT2D eigenvalue weighted by Gasteiger charge is 2.29. The van der Waals surface area contributed by atoms with E-state index in [1.54, 1.807) is 12.1 Å². The molecule has 0 atom stereocenters. The largest absolute Gasteiger partial charge is 0.492 e. The minimum absolute atomic E-state index is 0.0393. The Labute approximate surface area is 230 Å². The molecule has 2 aliphatic rings. The van der Waals surface area contributed by atoms with Crippen LogP contribution in [0.3, 0.4) is 0 Å². The molecule has 0 aromatic heterocycles. The van der Waals surface area contributed by atoms with E-state index >= 15 is 0 Å². The number of halogens is 1. The number of carbonyl (C=O) groups excluding carboxylic acids is 1. The second-order valence-corrected chi connectivity index (χ2v) is 14.1. The van der Waals surface area contributed by atoms with Gasteiger partial charge in [-0.3, -0.25) is 4.79 Å². The number of sulfonamides is 2. The van der Waals surface area contributed by atoms with E-state index in [0.717, 1.165) is 32.1 Å². The second-order valence-electron chi connectivity index (χ2n) is 9.77. The maximum absolute atomic E-state index is 13.1. The Hall–Kier alpha value is -2.18. The molecule has 0 spiro atoms. The number of amides is 1. The molecule has 2 heterocycles. The summed E-state index contributed by atoms with van der Waals surface area (Å²) in [5.74, 6) is 0.450. The topological polar surface area (TPSA) is 113 Å². The molecule has 2 saturated heterocycles. The van der Waals surface area contributed by atoms with E-state index in [2.05, 4.69) is 12.2 Å². The maximum atomic E-state index is 13.1. The number of nitrogens with zero attached hydrogens (tertiary/aromatic N) is 2. The number of rotatable bonds is 9. The summed E-state index contributed by atoms with van der Waals surface area (Å²) < 4.78 is 60.3. The van der Waals surface area contributed by atoms with Gasteiger partial charge >= 0.3 is 0 Å². The van der Waals surface area contributed by atoms with Crippen molar-refractivity contribution in [3.8, 4) is 5.75 Å². The predicted octanol–water partition coefficient (Wildman–Crippen LogP) is 3.74. The smallest absolute Gasteiger partial charge is 0.252 e. The summed E-state index contributed by atoms with van der Waals surface area (Å²) in [5.41, 5.74) is 0.0744. The Morgan fingerprint density at radius 2 is 1.47 bits per heavy atom. The summed E-state index contributed by atoms with van der Waals surface area (Å²) in [7, 11) is -7.23. The van der Waals surface area contributed by atoms with E-state index in [1.165, 1.54) is 38.9 Å². The molecule has 2 aliphatic heterocycles. The van der Waals surface area contributed by atoms with Crippen LogP contribution in [0.4, 0.5) is 0 Å². The van der Waals surface area contributed by atoms with Gasteiger partial charge in [0, 0.05) is 26.2 Å². The van der Waals surface area contributed by atoms with Gasteiger partial charge in [0.25, 0.3) is 5.91 Å². The van der Waals surface area contributed by atoms with Gasteiger partial charge < -0.3 is 10.1 Å². The second kappa shape index (κ2) is 12.3. The van der Waals surface area contributed by atoms with Gasteiger partial charge in [0.05, 0.1) is 26.9 Å². The number of hydrogen-bond donors (Lipinski definition) is 1. The van der Waals surface area contributed by atoms with Crippen LogP contribution < -0.4 is 10.1 Å². The molecule has 2 aromatic rings. The first-order chi connectivity index (χ1) is 18.1. The highest BCUT2D eigenvalue weighted by atomic mass is 35.5. The molecule has 0 saturated carbocycles. The van der Waals surface area contributed by atoms with Crippen molar-refractivity contribution < 1.29 is 26.4 Å². The average molecular weight is 584 g/mol. The van der Waals surface area contributed by atoms with Gasteiger partial charge in [-0.05, 0) is 74.1 Å². The van der Waals surface area contributed by atoms with Crippen molar-refractivity contribution in [1.29, 1.82) is 0 Å². The normalized spacial score (nSPS) is 18.3. The van der Waals surface area contributed by atoms with Gasteiger partial charge in [-0.1, -0.05) is 24.9 Å². The summed E-state index contributed by atoms with van der Waals surface area (Å²) in [6.07, 6.45) is 4.39.